The SMILES string of the molecule is CC(O)CC1OCCC1O. The molecule has 3 unspecified atom stereocenters. The Bertz CT molecular complexity index is 103. The van der Waals surface area contributed by atoms with Gasteiger partial charge in [-0.15, -0.1) is 0 Å². The van der Waals surface area contributed by atoms with Crippen LogP contribution < -0.4 is 0 Å². The van der Waals surface area contributed by atoms with Gasteiger partial charge in [0, 0.05) is 13.0 Å². The lowest BCUT2D eigenvalue weighted by molar-refractivity contribution is 0.00897. The molecule has 1 fully saturated rings. The topological polar surface area (TPSA) is 49.7 Å². The second kappa shape index (κ2) is 3.32. The molecule has 1 rings (SSSR count). The normalized spacial score (nSPS) is 36.3. The monoisotopic (exact) mass is 146 g/mol. The molecule has 3 nitrogen and oxygen atoms in total. The lowest BCUT2D eigenvalue weighted by Crippen LogP contribution is -2.24. The summed E-state index contributed by atoms with van der Waals surface area (Å²) in [4.78, 5) is 0. The van der Waals surface area contributed by atoms with E-state index in [1.807, 2.05) is 0 Å². The summed E-state index contributed by atoms with van der Waals surface area (Å²) in [7, 11) is 0. The lowest BCUT2D eigenvalue weighted by Gasteiger charge is -2.14. The van der Waals surface area contributed by atoms with Crippen molar-refractivity contribution in [3.8, 4) is 0 Å². The van der Waals surface area contributed by atoms with Crippen molar-refractivity contribution in [2.45, 2.75) is 38.1 Å². The molecule has 0 bridgehead atoms. The molecule has 10 heavy (non-hydrogen) atoms. The highest BCUT2D eigenvalue weighted by molar-refractivity contribution is 4.76. The van der Waals surface area contributed by atoms with Crippen molar-refractivity contribution in [2.24, 2.45) is 0 Å². The Morgan fingerprint density at radius 1 is 1.70 bits per heavy atom. The third-order valence-electron chi connectivity index (χ3n) is 1.75. The Labute approximate surface area is 60.6 Å². The van der Waals surface area contributed by atoms with Crippen molar-refractivity contribution in [1.82, 2.24) is 0 Å². The van der Waals surface area contributed by atoms with Gasteiger partial charge < -0.3 is 14.9 Å². The second-order valence-corrected chi connectivity index (χ2v) is 2.85. The van der Waals surface area contributed by atoms with Crippen LogP contribution in [0.5, 0.6) is 0 Å². The van der Waals surface area contributed by atoms with Crippen LogP contribution in [0.4, 0.5) is 0 Å². The number of aliphatic hydroxyl groups excluding tert-OH is 2. The van der Waals surface area contributed by atoms with Gasteiger partial charge in [-0.25, -0.2) is 0 Å². The van der Waals surface area contributed by atoms with Gasteiger partial charge in [0.25, 0.3) is 0 Å². The average molecular weight is 146 g/mol. The molecule has 3 atom stereocenters. The highest BCUT2D eigenvalue weighted by Gasteiger charge is 2.26. The molecule has 1 heterocycles. The van der Waals surface area contributed by atoms with Gasteiger partial charge in [-0.1, -0.05) is 0 Å². The van der Waals surface area contributed by atoms with Crippen LogP contribution in [0.15, 0.2) is 0 Å². The molecule has 0 spiro atoms. The maximum Gasteiger partial charge on any atom is 0.0859 e. The molecule has 1 aliphatic rings. The van der Waals surface area contributed by atoms with Gasteiger partial charge in [0.1, 0.15) is 0 Å². The van der Waals surface area contributed by atoms with Gasteiger partial charge in [0.05, 0.1) is 18.3 Å². The van der Waals surface area contributed by atoms with Crippen molar-refractivity contribution in [2.75, 3.05) is 6.61 Å². The van der Waals surface area contributed by atoms with E-state index in [1.54, 1.807) is 6.92 Å². The molecule has 1 aliphatic heterocycles. The Hall–Kier alpha value is -0.120. The van der Waals surface area contributed by atoms with Gasteiger partial charge in [-0.2, -0.15) is 0 Å². The smallest absolute Gasteiger partial charge is 0.0859 e. The van der Waals surface area contributed by atoms with E-state index in [-0.39, 0.29) is 18.3 Å². The summed E-state index contributed by atoms with van der Waals surface area (Å²) >= 11 is 0. The van der Waals surface area contributed by atoms with Crippen molar-refractivity contribution in [1.29, 1.82) is 0 Å². The molecule has 0 saturated carbocycles. The van der Waals surface area contributed by atoms with Crippen LogP contribution in [0.2, 0.25) is 0 Å². The Balaban J connectivity index is 2.26. The molecular formula is C7H14O3. The van der Waals surface area contributed by atoms with Crippen molar-refractivity contribution >= 4 is 0 Å². The van der Waals surface area contributed by atoms with Crippen LogP contribution in [0.25, 0.3) is 0 Å². The fourth-order valence-electron chi connectivity index (χ4n) is 1.20. The average Bonchev–Trinajstić information content (AvgIpc) is 2.15. The van der Waals surface area contributed by atoms with Gasteiger partial charge in [-0.3, -0.25) is 0 Å². The molecule has 0 radical (unpaired) electrons. The largest absolute Gasteiger partial charge is 0.393 e. The quantitative estimate of drug-likeness (QED) is 0.572. The second-order valence-electron chi connectivity index (χ2n) is 2.85. The van der Waals surface area contributed by atoms with Crippen LogP contribution in [0, 0.1) is 0 Å². The Morgan fingerprint density at radius 3 is 2.80 bits per heavy atom. The maximum atomic E-state index is 9.20. The molecule has 1 saturated heterocycles. The zero-order valence-electron chi connectivity index (χ0n) is 6.16. The van der Waals surface area contributed by atoms with Crippen LogP contribution in [-0.2, 0) is 4.74 Å². The van der Waals surface area contributed by atoms with E-state index in [4.69, 9.17) is 9.84 Å². The minimum atomic E-state index is -0.377. The first-order valence-electron chi connectivity index (χ1n) is 3.68. The molecule has 0 aliphatic carbocycles. The molecule has 60 valence electrons. The minimum Gasteiger partial charge on any atom is -0.393 e. The van der Waals surface area contributed by atoms with Crippen LogP contribution >= 0.6 is 0 Å². The third-order valence-corrected chi connectivity index (χ3v) is 1.75. The van der Waals surface area contributed by atoms with Crippen LogP contribution in [0.1, 0.15) is 19.8 Å². The molecular weight excluding hydrogens is 132 g/mol. The number of ether oxygens (including phenoxy) is 1. The summed E-state index contributed by atoms with van der Waals surface area (Å²) in [5.74, 6) is 0. The summed E-state index contributed by atoms with van der Waals surface area (Å²) in [5, 5.41) is 18.1. The van der Waals surface area contributed by atoms with Crippen molar-refractivity contribution < 1.29 is 14.9 Å². The van der Waals surface area contributed by atoms with Gasteiger partial charge in [0.15, 0.2) is 0 Å². The summed E-state index contributed by atoms with van der Waals surface area (Å²) in [6.45, 7) is 2.33. The fourth-order valence-corrected chi connectivity index (χ4v) is 1.20. The molecule has 0 aromatic rings. The van der Waals surface area contributed by atoms with E-state index >= 15 is 0 Å². The van der Waals surface area contributed by atoms with Crippen LogP contribution in [0.3, 0.4) is 0 Å². The Morgan fingerprint density at radius 2 is 2.40 bits per heavy atom. The standard InChI is InChI=1S/C7H14O3/c1-5(8)4-7-6(9)2-3-10-7/h5-9H,2-4H2,1H3. The molecule has 3 heteroatoms. The van der Waals surface area contributed by atoms with Gasteiger partial charge >= 0.3 is 0 Å². The van der Waals surface area contributed by atoms with Gasteiger partial charge in [0.2, 0.25) is 0 Å². The Kier molecular flexibility index (Phi) is 2.65. The number of hydrogen-bond acceptors (Lipinski definition) is 3. The first-order chi connectivity index (χ1) is 4.70. The van der Waals surface area contributed by atoms with E-state index in [2.05, 4.69) is 0 Å². The first kappa shape index (κ1) is 7.98. The minimum absolute atomic E-state index is 0.139. The van der Waals surface area contributed by atoms with E-state index in [1.165, 1.54) is 0 Å². The van der Waals surface area contributed by atoms with E-state index in [0.29, 0.717) is 19.4 Å². The lowest BCUT2D eigenvalue weighted by atomic mass is 10.1. The summed E-state index contributed by atoms with van der Waals surface area (Å²) in [6, 6.07) is 0. The maximum absolute atomic E-state index is 9.20. The zero-order chi connectivity index (χ0) is 7.56. The molecule has 0 aromatic heterocycles. The summed E-state index contributed by atoms with van der Waals surface area (Å²) in [5.41, 5.74) is 0. The zero-order valence-corrected chi connectivity index (χ0v) is 6.16. The third kappa shape index (κ3) is 1.94. The van der Waals surface area contributed by atoms with E-state index < -0.39 is 0 Å². The number of hydrogen-bond donors (Lipinski definition) is 2. The number of rotatable bonds is 2. The molecule has 2 N–H and O–H groups in total. The summed E-state index contributed by atoms with van der Waals surface area (Å²) < 4.78 is 5.17. The van der Waals surface area contributed by atoms with E-state index in [9.17, 15) is 5.11 Å². The van der Waals surface area contributed by atoms with Gasteiger partial charge in [-0.05, 0) is 13.3 Å². The highest BCUT2D eigenvalue weighted by atomic mass is 16.5. The highest BCUT2D eigenvalue weighted by Crippen LogP contribution is 2.17. The van der Waals surface area contributed by atoms with Crippen molar-refractivity contribution in [3.63, 3.8) is 0 Å². The first-order valence-corrected chi connectivity index (χ1v) is 3.68. The van der Waals surface area contributed by atoms with Crippen molar-refractivity contribution in [3.05, 3.63) is 0 Å². The predicted molar refractivity (Wildman–Crippen MR) is 36.7 cm³/mol. The molecule has 0 amide bonds. The van der Waals surface area contributed by atoms with E-state index in [0.717, 1.165) is 0 Å². The fraction of sp³-hybridized carbons (Fsp3) is 1.00. The van der Waals surface area contributed by atoms with Crippen LogP contribution in [-0.4, -0.2) is 35.1 Å². The predicted octanol–water partition coefficient (Wildman–Crippen LogP) is -0.0929. The number of aliphatic hydroxyl groups is 2. The molecule has 0 aromatic carbocycles. The summed E-state index contributed by atoms with van der Waals surface area (Å²) in [6.07, 6.45) is 0.366.